The maximum atomic E-state index is 5.64. The van der Waals surface area contributed by atoms with E-state index in [1.54, 1.807) is 52.0 Å². The van der Waals surface area contributed by atoms with Crippen LogP contribution in [0.2, 0.25) is 0 Å². The molecule has 0 radical (unpaired) electrons. The highest BCUT2D eigenvalue weighted by molar-refractivity contribution is 5.10. The lowest BCUT2D eigenvalue weighted by molar-refractivity contribution is -0.561. The maximum Gasteiger partial charge on any atom is 0.221 e. The summed E-state index contributed by atoms with van der Waals surface area (Å²) < 4.78 is 11.3. The van der Waals surface area contributed by atoms with Gasteiger partial charge in [0.2, 0.25) is 23.1 Å². The molecule has 0 saturated carbocycles. The Hall–Kier alpha value is -0.760. The third-order valence-electron chi connectivity index (χ3n) is 2.93. The summed E-state index contributed by atoms with van der Waals surface area (Å²) in [6.07, 6.45) is 6.80. The zero-order chi connectivity index (χ0) is 13.1. The minimum Gasteiger partial charge on any atom is -0.306 e. The van der Waals surface area contributed by atoms with Crippen molar-refractivity contribution >= 4 is 0 Å². The second-order valence-corrected chi connectivity index (χ2v) is 5.27. The van der Waals surface area contributed by atoms with Gasteiger partial charge in [0.05, 0.1) is 0 Å². The van der Waals surface area contributed by atoms with Gasteiger partial charge in [-0.2, -0.15) is 19.6 Å². The Kier molecular flexibility index (Phi) is 2.33. The van der Waals surface area contributed by atoms with Crippen molar-refractivity contribution in [2.24, 2.45) is 0 Å². The minimum atomic E-state index is -1.05. The lowest BCUT2D eigenvalue weighted by Crippen LogP contribution is -2.45. The topological polar surface area (TPSA) is 55.4 Å². The van der Waals surface area contributed by atoms with Crippen LogP contribution in [0, 0.1) is 0 Å². The number of ether oxygens (including phenoxy) is 2. The normalized spacial score (nSPS) is 54.9. The Balaban J connectivity index is 1.90. The van der Waals surface area contributed by atoms with Gasteiger partial charge >= 0.3 is 0 Å². The standard InChI is InChI=1S/C12H16O6/c1-9-5-6-10(2,13-9)17-18-12(4)8-7-11(3,14-12)16-15-9/h5-8H,1-4H3. The second kappa shape index (κ2) is 3.41. The lowest BCUT2D eigenvalue weighted by atomic mass is 10.3. The Bertz CT molecular complexity index is 358. The van der Waals surface area contributed by atoms with Gasteiger partial charge in [0, 0.05) is 0 Å². The molecule has 0 N–H and O–H groups in total. The third kappa shape index (κ3) is 2.01. The van der Waals surface area contributed by atoms with Crippen molar-refractivity contribution in [2.75, 3.05) is 0 Å². The van der Waals surface area contributed by atoms with Crippen molar-refractivity contribution in [1.82, 2.24) is 0 Å². The van der Waals surface area contributed by atoms with Crippen molar-refractivity contribution in [1.29, 1.82) is 0 Å². The highest BCUT2D eigenvalue weighted by Gasteiger charge is 2.50. The Labute approximate surface area is 105 Å². The number of rotatable bonds is 0. The van der Waals surface area contributed by atoms with E-state index in [9.17, 15) is 0 Å². The molecule has 6 heteroatoms. The summed E-state index contributed by atoms with van der Waals surface area (Å²) in [7, 11) is 0. The van der Waals surface area contributed by atoms with Gasteiger partial charge in [0.1, 0.15) is 0 Å². The molecule has 100 valence electrons. The zero-order valence-electron chi connectivity index (χ0n) is 10.8. The summed E-state index contributed by atoms with van der Waals surface area (Å²) in [6, 6.07) is 0. The molecular weight excluding hydrogens is 240 g/mol. The van der Waals surface area contributed by atoms with Crippen LogP contribution in [0.3, 0.4) is 0 Å². The van der Waals surface area contributed by atoms with Crippen LogP contribution in [0.1, 0.15) is 27.7 Å². The summed E-state index contributed by atoms with van der Waals surface area (Å²) in [5, 5.41) is 0. The predicted octanol–water partition coefficient (Wildman–Crippen LogP) is 1.93. The molecule has 1 saturated heterocycles. The van der Waals surface area contributed by atoms with Crippen LogP contribution >= 0.6 is 0 Å². The van der Waals surface area contributed by atoms with Crippen molar-refractivity contribution in [2.45, 2.75) is 50.8 Å². The average Bonchev–Trinajstić information content (AvgIpc) is 2.75. The van der Waals surface area contributed by atoms with E-state index in [1.165, 1.54) is 0 Å². The van der Waals surface area contributed by atoms with Gasteiger partial charge in [-0.15, -0.1) is 0 Å². The van der Waals surface area contributed by atoms with Crippen LogP contribution in [0.5, 0.6) is 0 Å². The Morgan fingerprint density at radius 1 is 0.500 bits per heavy atom. The summed E-state index contributed by atoms with van der Waals surface area (Å²) >= 11 is 0. The molecule has 3 rings (SSSR count). The molecule has 0 aliphatic carbocycles. The molecule has 4 bridgehead atoms. The van der Waals surface area contributed by atoms with Crippen molar-refractivity contribution in [3.05, 3.63) is 24.3 Å². The predicted molar refractivity (Wildman–Crippen MR) is 58.4 cm³/mol. The van der Waals surface area contributed by atoms with Gasteiger partial charge in [0.25, 0.3) is 0 Å². The first-order valence-electron chi connectivity index (χ1n) is 5.79. The van der Waals surface area contributed by atoms with E-state index in [2.05, 4.69) is 0 Å². The van der Waals surface area contributed by atoms with Crippen LogP contribution < -0.4 is 0 Å². The number of hydrogen-bond acceptors (Lipinski definition) is 6. The van der Waals surface area contributed by atoms with Crippen molar-refractivity contribution < 1.29 is 29.0 Å². The molecule has 3 aliphatic rings. The highest BCUT2D eigenvalue weighted by Crippen LogP contribution is 2.40. The first-order valence-corrected chi connectivity index (χ1v) is 5.79. The summed E-state index contributed by atoms with van der Waals surface area (Å²) in [4.78, 5) is 21.3. The van der Waals surface area contributed by atoms with Gasteiger partial charge in [-0.3, -0.25) is 0 Å². The van der Waals surface area contributed by atoms with Gasteiger partial charge in [-0.1, -0.05) is 0 Å². The molecule has 1 fully saturated rings. The molecular formula is C12H16O6. The molecule has 3 aliphatic heterocycles. The Morgan fingerprint density at radius 2 is 0.722 bits per heavy atom. The molecule has 0 aromatic rings. The highest BCUT2D eigenvalue weighted by atomic mass is 17.3. The number of hydrogen-bond donors (Lipinski definition) is 0. The fourth-order valence-electron chi connectivity index (χ4n) is 2.06. The van der Waals surface area contributed by atoms with E-state index in [1.807, 2.05) is 0 Å². The average molecular weight is 256 g/mol. The van der Waals surface area contributed by atoms with Crippen LogP contribution in [0.25, 0.3) is 0 Å². The largest absolute Gasteiger partial charge is 0.306 e. The summed E-state index contributed by atoms with van der Waals surface area (Å²) in [5.74, 6) is -4.19. The SMILES string of the molecule is CC12C=CC(C)(OOC3(C)C=CC(C)(OO1)O3)O2. The van der Waals surface area contributed by atoms with E-state index in [-0.39, 0.29) is 0 Å². The zero-order valence-corrected chi connectivity index (χ0v) is 10.8. The monoisotopic (exact) mass is 256 g/mol. The third-order valence-corrected chi connectivity index (χ3v) is 2.93. The first kappa shape index (κ1) is 12.3. The molecule has 4 unspecified atom stereocenters. The van der Waals surface area contributed by atoms with Crippen LogP contribution in [-0.4, -0.2) is 23.1 Å². The van der Waals surface area contributed by atoms with Crippen LogP contribution in [0.15, 0.2) is 24.3 Å². The van der Waals surface area contributed by atoms with Gasteiger partial charge < -0.3 is 9.47 Å². The molecule has 0 amide bonds. The molecule has 18 heavy (non-hydrogen) atoms. The van der Waals surface area contributed by atoms with E-state index in [0.717, 1.165) is 0 Å². The first-order chi connectivity index (χ1) is 8.24. The van der Waals surface area contributed by atoms with Crippen molar-refractivity contribution in [3.63, 3.8) is 0 Å². The van der Waals surface area contributed by atoms with Crippen molar-refractivity contribution in [3.8, 4) is 0 Å². The molecule has 4 atom stereocenters. The number of fused-ring (bicyclic) bond motifs is 4. The van der Waals surface area contributed by atoms with Gasteiger partial charge in [-0.25, -0.2) is 0 Å². The molecule has 0 aromatic carbocycles. The minimum absolute atomic E-state index is 1.05. The lowest BCUT2D eigenvalue weighted by Gasteiger charge is -2.36. The quantitative estimate of drug-likeness (QED) is 0.487. The van der Waals surface area contributed by atoms with E-state index >= 15 is 0 Å². The fraction of sp³-hybridized carbons (Fsp3) is 0.667. The summed E-state index contributed by atoms with van der Waals surface area (Å²) in [5.41, 5.74) is 0. The second-order valence-electron chi connectivity index (χ2n) is 5.27. The Morgan fingerprint density at radius 3 is 0.944 bits per heavy atom. The van der Waals surface area contributed by atoms with Gasteiger partial charge in [-0.05, 0) is 52.0 Å². The van der Waals surface area contributed by atoms with Gasteiger partial charge in [0.15, 0.2) is 0 Å². The molecule has 3 heterocycles. The maximum absolute atomic E-state index is 5.64. The fourth-order valence-corrected chi connectivity index (χ4v) is 2.06. The van der Waals surface area contributed by atoms with Crippen LogP contribution in [-0.2, 0) is 29.0 Å². The molecule has 0 spiro atoms. The smallest absolute Gasteiger partial charge is 0.221 e. The molecule has 0 aromatic heterocycles. The van der Waals surface area contributed by atoms with E-state index in [0.29, 0.717) is 0 Å². The summed E-state index contributed by atoms with van der Waals surface area (Å²) in [6.45, 7) is 6.84. The van der Waals surface area contributed by atoms with E-state index in [4.69, 9.17) is 29.0 Å². The van der Waals surface area contributed by atoms with Crippen LogP contribution in [0.4, 0.5) is 0 Å². The molecule has 6 nitrogen and oxygen atoms in total. The van der Waals surface area contributed by atoms with E-state index < -0.39 is 23.1 Å².